The molecule has 0 unspecified atom stereocenters. The zero-order valence-corrected chi connectivity index (χ0v) is 14.8. The predicted octanol–water partition coefficient (Wildman–Crippen LogP) is 3.52. The Morgan fingerprint density at radius 1 is 1.23 bits per heavy atom. The van der Waals surface area contributed by atoms with E-state index in [4.69, 9.17) is 9.84 Å². The average molecular weight is 354 g/mol. The van der Waals surface area contributed by atoms with Gasteiger partial charge in [0.1, 0.15) is 11.9 Å². The number of fused-ring (bicyclic) bond motifs is 1. The van der Waals surface area contributed by atoms with Crippen LogP contribution in [0.5, 0.6) is 5.75 Å². The Morgan fingerprint density at radius 3 is 2.58 bits per heavy atom. The molecule has 3 rings (SSSR count). The zero-order valence-electron chi connectivity index (χ0n) is 14.8. The van der Waals surface area contributed by atoms with Crippen molar-refractivity contribution in [1.82, 2.24) is 4.90 Å². The van der Waals surface area contributed by atoms with Crippen molar-refractivity contribution in [3.05, 3.63) is 59.7 Å². The molecule has 0 bridgehead atoms. The molecule has 26 heavy (non-hydrogen) atoms. The van der Waals surface area contributed by atoms with E-state index in [2.05, 4.69) is 12.2 Å². The van der Waals surface area contributed by atoms with Gasteiger partial charge in [-0.2, -0.15) is 0 Å². The second kappa shape index (κ2) is 7.47. The molecule has 0 fully saturated rings. The maximum absolute atomic E-state index is 13.0. The number of nitrogens with zero attached hydrogens (tertiary/aromatic N) is 1. The standard InChI is InChI=1S/C20H22N2O4/c1-3-13(2)22-19(21-17-7-5-4-6-16(17)20(22)25)14-8-10-15(11-9-14)26-12-18(23)24/h4-11,13,19,21H,3,12H2,1-2H3,(H,23,24)/t13-,19-/m0/s1. The predicted molar refractivity (Wildman–Crippen MR) is 98.3 cm³/mol. The van der Waals surface area contributed by atoms with E-state index in [0.717, 1.165) is 17.7 Å². The first-order valence-electron chi connectivity index (χ1n) is 8.64. The number of amides is 1. The minimum Gasteiger partial charge on any atom is -0.482 e. The van der Waals surface area contributed by atoms with Crippen molar-refractivity contribution >= 4 is 17.6 Å². The van der Waals surface area contributed by atoms with Gasteiger partial charge in [0.15, 0.2) is 6.61 Å². The van der Waals surface area contributed by atoms with Gasteiger partial charge in [-0.15, -0.1) is 0 Å². The first-order valence-corrected chi connectivity index (χ1v) is 8.64. The number of carbonyl (C=O) groups is 2. The molecule has 2 aromatic carbocycles. The minimum absolute atomic E-state index is 0.00454. The van der Waals surface area contributed by atoms with E-state index in [9.17, 15) is 9.59 Å². The van der Waals surface area contributed by atoms with E-state index in [1.807, 2.05) is 48.2 Å². The molecule has 2 atom stereocenters. The highest BCUT2D eigenvalue weighted by atomic mass is 16.5. The first-order chi connectivity index (χ1) is 12.5. The molecule has 0 spiro atoms. The van der Waals surface area contributed by atoms with Crippen LogP contribution in [0.4, 0.5) is 5.69 Å². The maximum atomic E-state index is 13.0. The molecule has 2 N–H and O–H groups in total. The molecule has 1 aliphatic rings. The van der Waals surface area contributed by atoms with Crippen LogP contribution in [-0.4, -0.2) is 34.5 Å². The molecule has 0 saturated heterocycles. The Labute approximate surface area is 152 Å². The third-order valence-corrected chi connectivity index (χ3v) is 4.59. The monoisotopic (exact) mass is 354 g/mol. The first kappa shape index (κ1) is 17.8. The zero-order chi connectivity index (χ0) is 18.7. The Kier molecular flexibility index (Phi) is 5.11. The van der Waals surface area contributed by atoms with Crippen LogP contribution in [0.3, 0.4) is 0 Å². The van der Waals surface area contributed by atoms with Crippen LogP contribution in [0.2, 0.25) is 0 Å². The lowest BCUT2D eigenvalue weighted by molar-refractivity contribution is -0.139. The van der Waals surface area contributed by atoms with Gasteiger partial charge >= 0.3 is 5.97 Å². The number of para-hydroxylation sites is 1. The lowest BCUT2D eigenvalue weighted by atomic mass is 10.0. The van der Waals surface area contributed by atoms with Gasteiger partial charge in [-0.1, -0.05) is 31.2 Å². The Hall–Kier alpha value is -3.02. The van der Waals surface area contributed by atoms with E-state index in [1.54, 1.807) is 12.1 Å². The van der Waals surface area contributed by atoms with Crippen LogP contribution >= 0.6 is 0 Å². The van der Waals surface area contributed by atoms with E-state index < -0.39 is 5.97 Å². The average Bonchev–Trinajstić information content (AvgIpc) is 2.66. The van der Waals surface area contributed by atoms with E-state index in [1.165, 1.54) is 0 Å². The summed E-state index contributed by atoms with van der Waals surface area (Å²) in [4.78, 5) is 25.5. The SMILES string of the molecule is CC[C@H](C)N1C(=O)c2ccccc2N[C@@H]1c1ccc(OCC(=O)O)cc1. The van der Waals surface area contributed by atoms with E-state index in [-0.39, 0.29) is 24.7 Å². The molecule has 6 heteroatoms. The number of nitrogens with one attached hydrogen (secondary N) is 1. The van der Waals surface area contributed by atoms with Crippen LogP contribution in [0.15, 0.2) is 48.5 Å². The molecule has 136 valence electrons. The van der Waals surface area contributed by atoms with Gasteiger partial charge in [0.2, 0.25) is 0 Å². The number of ether oxygens (including phenoxy) is 1. The number of hydrogen-bond acceptors (Lipinski definition) is 4. The topological polar surface area (TPSA) is 78.9 Å². The van der Waals surface area contributed by atoms with E-state index >= 15 is 0 Å². The lowest BCUT2D eigenvalue weighted by Crippen LogP contribution is -2.47. The van der Waals surface area contributed by atoms with Crippen LogP contribution in [0.1, 0.15) is 42.4 Å². The number of hydrogen-bond donors (Lipinski definition) is 2. The number of rotatable bonds is 6. The summed E-state index contributed by atoms with van der Waals surface area (Å²) in [5.74, 6) is -0.535. The highest BCUT2D eigenvalue weighted by Crippen LogP contribution is 2.35. The summed E-state index contributed by atoms with van der Waals surface area (Å²) in [6.07, 6.45) is 0.548. The van der Waals surface area contributed by atoms with Gasteiger partial charge in [-0.05, 0) is 43.2 Å². The summed E-state index contributed by atoms with van der Waals surface area (Å²) in [5.41, 5.74) is 2.40. The lowest BCUT2D eigenvalue weighted by Gasteiger charge is -2.41. The van der Waals surface area contributed by atoms with Gasteiger partial charge in [0, 0.05) is 11.7 Å². The number of anilines is 1. The fourth-order valence-corrected chi connectivity index (χ4v) is 3.06. The van der Waals surface area contributed by atoms with E-state index in [0.29, 0.717) is 11.3 Å². The largest absolute Gasteiger partial charge is 0.482 e. The molecular formula is C20H22N2O4. The molecule has 1 aliphatic heterocycles. The van der Waals surface area contributed by atoms with Crippen LogP contribution in [0, 0.1) is 0 Å². The van der Waals surface area contributed by atoms with Gasteiger partial charge in [-0.3, -0.25) is 4.79 Å². The van der Waals surface area contributed by atoms with Crippen molar-refractivity contribution in [3.8, 4) is 5.75 Å². The number of benzene rings is 2. The Bertz CT molecular complexity index is 804. The number of aliphatic carboxylic acids is 1. The Balaban J connectivity index is 1.91. The van der Waals surface area contributed by atoms with Crippen molar-refractivity contribution in [2.24, 2.45) is 0 Å². The molecule has 0 aromatic heterocycles. The third-order valence-electron chi connectivity index (χ3n) is 4.59. The van der Waals surface area contributed by atoms with Crippen molar-refractivity contribution in [2.75, 3.05) is 11.9 Å². The number of carbonyl (C=O) groups excluding carboxylic acids is 1. The van der Waals surface area contributed by atoms with Crippen molar-refractivity contribution in [2.45, 2.75) is 32.5 Å². The fraction of sp³-hybridized carbons (Fsp3) is 0.300. The molecule has 6 nitrogen and oxygen atoms in total. The van der Waals surface area contributed by atoms with Crippen LogP contribution in [0.25, 0.3) is 0 Å². The summed E-state index contributed by atoms with van der Waals surface area (Å²) in [5, 5.41) is 12.1. The molecule has 0 aliphatic carbocycles. The van der Waals surface area contributed by atoms with Crippen LogP contribution < -0.4 is 10.1 Å². The third kappa shape index (κ3) is 3.49. The summed E-state index contributed by atoms with van der Waals surface area (Å²) in [7, 11) is 0. The van der Waals surface area contributed by atoms with Crippen molar-refractivity contribution in [3.63, 3.8) is 0 Å². The molecule has 2 aromatic rings. The molecule has 1 amide bonds. The second-order valence-electron chi connectivity index (χ2n) is 6.31. The smallest absolute Gasteiger partial charge is 0.341 e. The summed E-state index contributed by atoms with van der Waals surface area (Å²) >= 11 is 0. The number of carboxylic acid groups (broad SMARTS) is 1. The quantitative estimate of drug-likeness (QED) is 0.830. The summed E-state index contributed by atoms with van der Waals surface area (Å²) < 4.78 is 5.18. The summed E-state index contributed by atoms with van der Waals surface area (Å²) in [6.45, 7) is 3.70. The Morgan fingerprint density at radius 2 is 1.92 bits per heavy atom. The summed E-state index contributed by atoms with van der Waals surface area (Å²) in [6, 6.07) is 14.7. The van der Waals surface area contributed by atoms with Crippen molar-refractivity contribution < 1.29 is 19.4 Å². The minimum atomic E-state index is -1.02. The van der Waals surface area contributed by atoms with Gasteiger partial charge in [-0.25, -0.2) is 4.79 Å². The number of carboxylic acids is 1. The molecular weight excluding hydrogens is 332 g/mol. The second-order valence-corrected chi connectivity index (χ2v) is 6.31. The van der Waals surface area contributed by atoms with Crippen molar-refractivity contribution in [1.29, 1.82) is 0 Å². The van der Waals surface area contributed by atoms with Gasteiger partial charge in [0.25, 0.3) is 5.91 Å². The molecule has 0 radical (unpaired) electrons. The van der Waals surface area contributed by atoms with Gasteiger partial charge in [0.05, 0.1) is 5.56 Å². The van der Waals surface area contributed by atoms with Gasteiger partial charge < -0.3 is 20.1 Å². The fourth-order valence-electron chi connectivity index (χ4n) is 3.06. The molecule has 1 heterocycles. The van der Waals surface area contributed by atoms with Crippen LogP contribution in [-0.2, 0) is 4.79 Å². The highest BCUT2D eigenvalue weighted by molar-refractivity contribution is 6.01. The normalized spacial score (nSPS) is 17.2. The maximum Gasteiger partial charge on any atom is 0.341 e. The highest BCUT2D eigenvalue weighted by Gasteiger charge is 2.35. The molecule has 0 saturated carbocycles.